The first-order chi connectivity index (χ1) is 9.21. The van der Waals surface area contributed by atoms with Crippen molar-refractivity contribution < 1.29 is 4.79 Å². The first-order valence-corrected chi connectivity index (χ1v) is 7.92. The van der Waals surface area contributed by atoms with E-state index in [0.29, 0.717) is 18.4 Å². The fourth-order valence-electron chi connectivity index (χ4n) is 2.62. The summed E-state index contributed by atoms with van der Waals surface area (Å²) < 4.78 is 0. The van der Waals surface area contributed by atoms with Crippen molar-refractivity contribution in [3.63, 3.8) is 0 Å². The molecule has 0 spiro atoms. The van der Waals surface area contributed by atoms with Gasteiger partial charge in [0.05, 0.1) is 6.54 Å². The summed E-state index contributed by atoms with van der Waals surface area (Å²) in [6, 6.07) is 0. The van der Waals surface area contributed by atoms with E-state index < -0.39 is 0 Å². The number of likely N-dealkylation sites (N-methyl/N-ethyl adjacent to an activating group) is 1. The summed E-state index contributed by atoms with van der Waals surface area (Å²) in [5.41, 5.74) is 0. The maximum atomic E-state index is 12.4. The normalized spacial score (nSPS) is 17.5. The molecule has 1 aliphatic heterocycles. The van der Waals surface area contributed by atoms with Crippen LogP contribution in [0, 0.1) is 5.92 Å². The van der Waals surface area contributed by atoms with E-state index in [9.17, 15) is 4.79 Å². The maximum Gasteiger partial charge on any atom is 0.236 e. The molecule has 0 saturated carbocycles. The van der Waals surface area contributed by atoms with Crippen LogP contribution < -0.4 is 5.32 Å². The van der Waals surface area contributed by atoms with E-state index in [2.05, 4.69) is 31.0 Å². The van der Waals surface area contributed by atoms with Gasteiger partial charge in [0.2, 0.25) is 5.91 Å². The van der Waals surface area contributed by atoms with Gasteiger partial charge in [-0.15, -0.1) is 0 Å². The second kappa shape index (κ2) is 9.32. The molecule has 4 nitrogen and oxygen atoms in total. The molecule has 112 valence electrons. The third-order valence-corrected chi connectivity index (χ3v) is 4.16. The van der Waals surface area contributed by atoms with E-state index in [-0.39, 0.29) is 0 Å². The quantitative estimate of drug-likeness (QED) is 0.762. The van der Waals surface area contributed by atoms with Gasteiger partial charge in [0.25, 0.3) is 0 Å². The fraction of sp³-hybridized carbons (Fsp3) is 0.933. The molecule has 1 saturated heterocycles. The van der Waals surface area contributed by atoms with Crippen molar-refractivity contribution in [2.45, 2.75) is 40.0 Å². The molecule has 1 amide bonds. The molecule has 1 aliphatic rings. The largest absolute Gasteiger partial charge is 0.342 e. The summed E-state index contributed by atoms with van der Waals surface area (Å²) in [7, 11) is 0. The Morgan fingerprint density at radius 3 is 2.58 bits per heavy atom. The van der Waals surface area contributed by atoms with Crippen LogP contribution in [0.5, 0.6) is 0 Å². The molecule has 1 rings (SSSR count). The minimum Gasteiger partial charge on any atom is -0.342 e. The van der Waals surface area contributed by atoms with Crippen molar-refractivity contribution in [1.29, 1.82) is 0 Å². The van der Waals surface area contributed by atoms with Gasteiger partial charge < -0.3 is 10.2 Å². The van der Waals surface area contributed by atoms with Gasteiger partial charge in [-0.1, -0.05) is 26.7 Å². The number of carbonyl (C=O) groups excluding carboxylic acids is 1. The van der Waals surface area contributed by atoms with Gasteiger partial charge >= 0.3 is 0 Å². The van der Waals surface area contributed by atoms with Crippen LogP contribution in [0.3, 0.4) is 0 Å². The second-order valence-corrected chi connectivity index (χ2v) is 5.49. The van der Waals surface area contributed by atoms with Gasteiger partial charge in [0, 0.05) is 26.2 Å². The van der Waals surface area contributed by atoms with Gasteiger partial charge in [-0.3, -0.25) is 9.69 Å². The van der Waals surface area contributed by atoms with E-state index >= 15 is 0 Å². The predicted molar refractivity (Wildman–Crippen MR) is 80.3 cm³/mol. The highest BCUT2D eigenvalue weighted by Gasteiger charge is 2.19. The third-order valence-electron chi connectivity index (χ3n) is 4.16. The minimum absolute atomic E-state index is 0.302. The molecule has 1 N–H and O–H groups in total. The van der Waals surface area contributed by atoms with Crippen LogP contribution in [-0.4, -0.2) is 61.5 Å². The highest BCUT2D eigenvalue weighted by atomic mass is 16.2. The van der Waals surface area contributed by atoms with E-state index in [1.165, 1.54) is 0 Å². The van der Waals surface area contributed by atoms with E-state index in [1.54, 1.807) is 0 Å². The summed E-state index contributed by atoms with van der Waals surface area (Å²) in [4.78, 5) is 16.7. The summed E-state index contributed by atoms with van der Waals surface area (Å²) in [6.07, 6.45) is 3.47. The van der Waals surface area contributed by atoms with Crippen LogP contribution in [0.4, 0.5) is 0 Å². The van der Waals surface area contributed by atoms with Gasteiger partial charge in [0.15, 0.2) is 0 Å². The van der Waals surface area contributed by atoms with Crippen LogP contribution in [0.2, 0.25) is 0 Å². The molecule has 0 aromatic carbocycles. The second-order valence-electron chi connectivity index (χ2n) is 5.49. The Kier molecular flexibility index (Phi) is 8.07. The van der Waals surface area contributed by atoms with Gasteiger partial charge in [-0.2, -0.15) is 0 Å². The highest BCUT2D eigenvalue weighted by molar-refractivity contribution is 5.78. The molecule has 0 unspecified atom stereocenters. The monoisotopic (exact) mass is 269 g/mol. The Morgan fingerprint density at radius 1 is 1.21 bits per heavy atom. The molecule has 0 atom stereocenters. The molecule has 19 heavy (non-hydrogen) atoms. The molecule has 0 radical (unpaired) electrons. The Bertz CT molecular complexity index is 246. The topological polar surface area (TPSA) is 35.6 Å². The molecule has 0 aromatic heterocycles. The fourth-order valence-corrected chi connectivity index (χ4v) is 2.62. The Hall–Kier alpha value is -0.610. The molecular formula is C15H31N3O. The first kappa shape index (κ1) is 16.4. The standard InChI is InChI=1S/C15H31N3O/c1-4-14(5-2)12-18(6-3)15(19)13-17-10-7-8-16-9-11-17/h14,16H,4-13H2,1-3H3. The minimum atomic E-state index is 0.302. The molecule has 1 heterocycles. The number of hydrogen-bond acceptors (Lipinski definition) is 3. The number of hydrogen-bond donors (Lipinski definition) is 1. The summed E-state index contributed by atoms with van der Waals surface area (Å²) in [5, 5.41) is 3.38. The van der Waals surface area contributed by atoms with Crippen LogP contribution in [0.15, 0.2) is 0 Å². The van der Waals surface area contributed by atoms with Crippen LogP contribution in [-0.2, 0) is 4.79 Å². The Morgan fingerprint density at radius 2 is 1.95 bits per heavy atom. The van der Waals surface area contributed by atoms with E-state index in [1.807, 2.05) is 4.90 Å². The number of rotatable bonds is 7. The van der Waals surface area contributed by atoms with E-state index in [4.69, 9.17) is 0 Å². The Labute approximate surface area is 118 Å². The lowest BCUT2D eigenvalue weighted by molar-refractivity contribution is -0.132. The number of nitrogens with one attached hydrogen (secondary N) is 1. The van der Waals surface area contributed by atoms with Crippen molar-refractivity contribution in [3.05, 3.63) is 0 Å². The zero-order valence-corrected chi connectivity index (χ0v) is 13.0. The molecular weight excluding hydrogens is 238 g/mol. The van der Waals surface area contributed by atoms with Crippen molar-refractivity contribution >= 4 is 5.91 Å². The van der Waals surface area contributed by atoms with Gasteiger partial charge in [0.1, 0.15) is 0 Å². The molecule has 1 fully saturated rings. The van der Waals surface area contributed by atoms with Crippen LogP contribution in [0.25, 0.3) is 0 Å². The zero-order chi connectivity index (χ0) is 14.1. The molecule has 0 aliphatic carbocycles. The van der Waals surface area contributed by atoms with E-state index in [0.717, 1.165) is 58.5 Å². The molecule has 0 bridgehead atoms. The SMILES string of the molecule is CCC(CC)CN(CC)C(=O)CN1CCCNCC1. The summed E-state index contributed by atoms with van der Waals surface area (Å²) in [6.45, 7) is 13.0. The molecule has 0 aromatic rings. The van der Waals surface area contributed by atoms with Crippen molar-refractivity contribution in [3.8, 4) is 0 Å². The highest BCUT2D eigenvalue weighted by Crippen LogP contribution is 2.10. The van der Waals surface area contributed by atoms with Crippen LogP contribution >= 0.6 is 0 Å². The Balaban J connectivity index is 2.43. The lowest BCUT2D eigenvalue weighted by Crippen LogP contribution is -2.43. The van der Waals surface area contributed by atoms with Gasteiger partial charge in [-0.25, -0.2) is 0 Å². The molecule has 4 heteroatoms. The van der Waals surface area contributed by atoms with Crippen molar-refractivity contribution in [2.75, 3.05) is 45.8 Å². The van der Waals surface area contributed by atoms with Crippen molar-refractivity contribution in [2.24, 2.45) is 5.92 Å². The number of amides is 1. The summed E-state index contributed by atoms with van der Waals surface area (Å²) >= 11 is 0. The maximum absolute atomic E-state index is 12.4. The number of nitrogens with zero attached hydrogens (tertiary/aromatic N) is 2. The lowest BCUT2D eigenvalue weighted by Gasteiger charge is -2.28. The average molecular weight is 269 g/mol. The lowest BCUT2D eigenvalue weighted by atomic mass is 10.0. The predicted octanol–water partition coefficient (Wildman–Crippen LogP) is 1.57. The average Bonchev–Trinajstić information content (AvgIpc) is 2.68. The van der Waals surface area contributed by atoms with Crippen molar-refractivity contribution in [1.82, 2.24) is 15.1 Å². The third kappa shape index (κ3) is 5.91. The summed E-state index contributed by atoms with van der Waals surface area (Å²) in [5.74, 6) is 0.950. The number of carbonyl (C=O) groups is 1. The zero-order valence-electron chi connectivity index (χ0n) is 13.0. The van der Waals surface area contributed by atoms with Gasteiger partial charge in [-0.05, 0) is 32.4 Å². The first-order valence-electron chi connectivity index (χ1n) is 7.92. The van der Waals surface area contributed by atoms with Crippen LogP contribution in [0.1, 0.15) is 40.0 Å². The smallest absolute Gasteiger partial charge is 0.236 e.